The largest absolute Gasteiger partial charge is 0.379 e. The van der Waals surface area contributed by atoms with E-state index in [-0.39, 0.29) is 5.60 Å². The third-order valence-electron chi connectivity index (χ3n) is 3.55. The molecule has 1 aromatic rings. The fourth-order valence-electron chi connectivity index (χ4n) is 2.18. The number of aryl methyl sites for hydroxylation is 2. The van der Waals surface area contributed by atoms with E-state index in [0.717, 1.165) is 19.5 Å². The van der Waals surface area contributed by atoms with Gasteiger partial charge in [-0.3, -0.25) is 0 Å². The second-order valence-corrected chi connectivity index (χ2v) is 6.63. The van der Waals surface area contributed by atoms with Crippen molar-refractivity contribution < 1.29 is 4.74 Å². The quantitative estimate of drug-likeness (QED) is 0.786. The summed E-state index contributed by atoms with van der Waals surface area (Å²) < 4.78 is 5.40. The molecule has 17 heavy (non-hydrogen) atoms. The van der Waals surface area contributed by atoms with Crippen molar-refractivity contribution in [2.24, 2.45) is 0 Å². The van der Waals surface area contributed by atoms with Crippen molar-refractivity contribution in [2.75, 3.05) is 13.7 Å². The van der Waals surface area contributed by atoms with E-state index in [0.29, 0.717) is 0 Å². The Labute approximate surface area is 108 Å². The maximum absolute atomic E-state index is 5.40. The Kier molecular flexibility index (Phi) is 4.23. The lowest BCUT2D eigenvalue weighted by atomic mass is 10.1. The van der Waals surface area contributed by atoms with Gasteiger partial charge in [-0.2, -0.15) is 0 Å². The zero-order chi connectivity index (χ0) is 12.3. The number of fused-ring (bicyclic) bond motifs is 1. The second-order valence-electron chi connectivity index (χ2n) is 5.41. The predicted molar refractivity (Wildman–Crippen MR) is 73.8 cm³/mol. The van der Waals surface area contributed by atoms with Gasteiger partial charge in [0.05, 0.1) is 5.60 Å². The molecule has 0 aromatic carbocycles. The van der Waals surface area contributed by atoms with Crippen molar-refractivity contribution >= 4 is 11.3 Å². The first-order valence-corrected chi connectivity index (χ1v) is 7.29. The van der Waals surface area contributed by atoms with Crippen molar-refractivity contribution in [3.8, 4) is 0 Å². The van der Waals surface area contributed by atoms with Gasteiger partial charge in [-0.25, -0.2) is 0 Å². The molecule has 0 bridgehead atoms. The molecule has 2 rings (SSSR count). The minimum Gasteiger partial charge on any atom is -0.379 e. The summed E-state index contributed by atoms with van der Waals surface area (Å²) in [4.78, 5) is 3.11. The van der Waals surface area contributed by atoms with Gasteiger partial charge in [0.25, 0.3) is 0 Å². The first-order chi connectivity index (χ1) is 8.11. The van der Waals surface area contributed by atoms with Crippen LogP contribution in [0.25, 0.3) is 0 Å². The van der Waals surface area contributed by atoms with Gasteiger partial charge in [-0.15, -0.1) is 11.3 Å². The smallest absolute Gasteiger partial charge is 0.0634 e. The van der Waals surface area contributed by atoms with Crippen LogP contribution in [-0.2, 0) is 24.1 Å². The zero-order valence-corrected chi connectivity index (χ0v) is 12.0. The minimum atomic E-state index is -0.00971. The van der Waals surface area contributed by atoms with E-state index in [2.05, 4.69) is 25.2 Å². The van der Waals surface area contributed by atoms with Crippen molar-refractivity contribution in [2.45, 2.75) is 51.7 Å². The zero-order valence-electron chi connectivity index (χ0n) is 11.1. The van der Waals surface area contributed by atoms with Crippen LogP contribution >= 0.6 is 11.3 Å². The lowest BCUT2D eigenvalue weighted by Crippen LogP contribution is -2.28. The van der Waals surface area contributed by atoms with E-state index in [1.165, 1.54) is 24.1 Å². The van der Waals surface area contributed by atoms with Gasteiger partial charge in [-0.05, 0) is 57.7 Å². The van der Waals surface area contributed by atoms with Crippen LogP contribution in [0.4, 0.5) is 0 Å². The van der Waals surface area contributed by atoms with Crippen LogP contribution in [0.1, 0.15) is 42.0 Å². The molecule has 1 aromatic heterocycles. The Morgan fingerprint density at radius 3 is 2.94 bits per heavy atom. The summed E-state index contributed by atoms with van der Waals surface area (Å²) in [5, 5.41) is 3.51. The van der Waals surface area contributed by atoms with Gasteiger partial charge in [0, 0.05) is 23.4 Å². The molecule has 0 atom stereocenters. The summed E-state index contributed by atoms with van der Waals surface area (Å²) in [6, 6.07) is 2.39. The lowest BCUT2D eigenvalue weighted by molar-refractivity contribution is 0.0158. The van der Waals surface area contributed by atoms with Crippen molar-refractivity contribution in [3.63, 3.8) is 0 Å². The summed E-state index contributed by atoms with van der Waals surface area (Å²) in [6.45, 7) is 6.30. The van der Waals surface area contributed by atoms with Gasteiger partial charge in [0.2, 0.25) is 0 Å². The summed E-state index contributed by atoms with van der Waals surface area (Å²) >= 11 is 1.99. The standard InChI is InChI=1S/C14H23NOS/c1-14(2,16-3)7-8-15-10-12-9-11-5-4-6-13(11)17-12/h9,15H,4-8,10H2,1-3H3. The molecule has 0 saturated carbocycles. The molecule has 96 valence electrons. The third kappa shape index (κ3) is 3.54. The molecule has 2 nitrogen and oxygen atoms in total. The van der Waals surface area contributed by atoms with Crippen LogP contribution in [0.3, 0.4) is 0 Å². The van der Waals surface area contributed by atoms with E-state index in [9.17, 15) is 0 Å². The average Bonchev–Trinajstić information content (AvgIpc) is 2.84. The Bertz CT molecular complexity index is 349. The van der Waals surface area contributed by atoms with Crippen LogP contribution in [0.5, 0.6) is 0 Å². The number of ether oxygens (including phenoxy) is 1. The van der Waals surface area contributed by atoms with E-state index < -0.39 is 0 Å². The monoisotopic (exact) mass is 253 g/mol. The summed E-state index contributed by atoms with van der Waals surface area (Å²) in [6.07, 6.45) is 5.00. The molecule has 1 aliphatic rings. The minimum absolute atomic E-state index is 0.00971. The highest BCUT2D eigenvalue weighted by Crippen LogP contribution is 2.30. The Morgan fingerprint density at radius 1 is 1.41 bits per heavy atom. The Balaban J connectivity index is 1.71. The van der Waals surface area contributed by atoms with Gasteiger partial charge in [-0.1, -0.05) is 0 Å². The number of rotatable bonds is 6. The van der Waals surface area contributed by atoms with E-state index in [4.69, 9.17) is 4.74 Å². The molecule has 3 heteroatoms. The third-order valence-corrected chi connectivity index (χ3v) is 4.79. The molecule has 0 spiro atoms. The first-order valence-electron chi connectivity index (χ1n) is 6.47. The number of methoxy groups -OCH3 is 1. The van der Waals surface area contributed by atoms with Crippen molar-refractivity contribution in [1.82, 2.24) is 5.32 Å². The first kappa shape index (κ1) is 13.1. The van der Waals surface area contributed by atoms with Gasteiger partial charge < -0.3 is 10.1 Å². The fraction of sp³-hybridized carbons (Fsp3) is 0.714. The highest BCUT2D eigenvalue weighted by atomic mass is 32.1. The van der Waals surface area contributed by atoms with Crippen LogP contribution < -0.4 is 5.32 Å². The number of hydrogen-bond donors (Lipinski definition) is 1. The highest BCUT2D eigenvalue weighted by Gasteiger charge is 2.16. The van der Waals surface area contributed by atoms with E-state index in [1.807, 2.05) is 11.3 Å². The molecular formula is C14H23NOS. The molecule has 0 aliphatic heterocycles. The van der Waals surface area contributed by atoms with Crippen LogP contribution in [0.2, 0.25) is 0 Å². The van der Waals surface area contributed by atoms with Crippen molar-refractivity contribution in [1.29, 1.82) is 0 Å². The van der Waals surface area contributed by atoms with E-state index in [1.54, 1.807) is 17.6 Å². The summed E-state index contributed by atoms with van der Waals surface area (Å²) in [7, 11) is 1.78. The number of nitrogens with one attached hydrogen (secondary N) is 1. The molecule has 0 saturated heterocycles. The fourth-order valence-corrected chi connectivity index (χ4v) is 3.41. The highest BCUT2D eigenvalue weighted by molar-refractivity contribution is 7.12. The second kappa shape index (κ2) is 5.51. The maximum Gasteiger partial charge on any atom is 0.0634 e. The molecule has 0 fully saturated rings. The van der Waals surface area contributed by atoms with E-state index >= 15 is 0 Å². The van der Waals surface area contributed by atoms with Crippen LogP contribution in [-0.4, -0.2) is 19.3 Å². The van der Waals surface area contributed by atoms with Gasteiger partial charge in [0.1, 0.15) is 0 Å². The molecule has 1 heterocycles. The molecule has 1 N–H and O–H groups in total. The van der Waals surface area contributed by atoms with Gasteiger partial charge in [0.15, 0.2) is 0 Å². The van der Waals surface area contributed by atoms with Crippen LogP contribution in [0, 0.1) is 0 Å². The average molecular weight is 253 g/mol. The normalized spacial score (nSPS) is 15.2. The molecule has 0 amide bonds. The Hall–Kier alpha value is -0.380. The summed E-state index contributed by atoms with van der Waals surface area (Å²) in [5.41, 5.74) is 1.59. The lowest BCUT2D eigenvalue weighted by Gasteiger charge is -2.22. The molecular weight excluding hydrogens is 230 g/mol. The number of thiophene rings is 1. The predicted octanol–water partition coefficient (Wildman–Crippen LogP) is 3.14. The molecule has 0 radical (unpaired) electrons. The Morgan fingerprint density at radius 2 is 2.24 bits per heavy atom. The van der Waals surface area contributed by atoms with Crippen LogP contribution in [0.15, 0.2) is 6.07 Å². The maximum atomic E-state index is 5.40. The van der Waals surface area contributed by atoms with Crippen molar-refractivity contribution in [3.05, 3.63) is 21.4 Å². The SMILES string of the molecule is COC(C)(C)CCNCc1cc2c(s1)CCC2. The number of hydrogen-bond acceptors (Lipinski definition) is 3. The topological polar surface area (TPSA) is 21.3 Å². The van der Waals surface area contributed by atoms with Gasteiger partial charge >= 0.3 is 0 Å². The molecule has 0 unspecified atom stereocenters. The summed E-state index contributed by atoms with van der Waals surface area (Å²) in [5.74, 6) is 0. The molecule has 1 aliphatic carbocycles.